The topological polar surface area (TPSA) is 30.0 Å². The highest BCUT2D eigenvalue weighted by molar-refractivity contribution is 5.85. The number of ketones is 1. The van der Waals surface area contributed by atoms with Crippen molar-refractivity contribution in [2.45, 2.75) is 76.5 Å². The minimum Gasteiger partial charge on any atom is -0.299 e. The molecule has 0 amide bonds. The minimum absolute atomic E-state index is 0.0388. The molecule has 0 saturated heterocycles. The Bertz CT molecular complexity index is 388. The van der Waals surface area contributed by atoms with Crippen molar-refractivity contribution >= 4 is 5.78 Å². The monoisotopic (exact) mass is 273 g/mol. The van der Waals surface area contributed by atoms with Gasteiger partial charge in [-0.3, -0.25) is 9.78 Å². The molecule has 1 saturated carbocycles. The molecule has 1 heterocycles. The largest absolute Gasteiger partial charge is 0.299 e. The van der Waals surface area contributed by atoms with Gasteiger partial charge in [-0.2, -0.15) is 0 Å². The molecular formula is C18H27NO. The maximum Gasteiger partial charge on any atom is 0.141 e. The van der Waals surface area contributed by atoms with Gasteiger partial charge in [-0.25, -0.2) is 0 Å². The average Bonchev–Trinajstić information content (AvgIpc) is 2.50. The lowest BCUT2D eigenvalue weighted by molar-refractivity contribution is -0.120. The van der Waals surface area contributed by atoms with E-state index in [1.807, 2.05) is 24.4 Å². The molecule has 110 valence electrons. The summed E-state index contributed by atoms with van der Waals surface area (Å²) in [7, 11) is 0. The van der Waals surface area contributed by atoms with Gasteiger partial charge < -0.3 is 0 Å². The number of hydrogen-bond donors (Lipinski definition) is 0. The van der Waals surface area contributed by atoms with Crippen LogP contribution < -0.4 is 0 Å². The summed E-state index contributed by atoms with van der Waals surface area (Å²) in [6.07, 6.45) is 14.9. The summed E-state index contributed by atoms with van der Waals surface area (Å²) in [5.41, 5.74) is 0.979. The summed E-state index contributed by atoms with van der Waals surface area (Å²) in [5, 5.41) is 0. The zero-order valence-electron chi connectivity index (χ0n) is 12.5. The highest BCUT2D eigenvalue weighted by Crippen LogP contribution is 2.25. The number of Topliss-reactive ketones (excluding diaryl/α,β-unsaturated/α-hetero) is 1. The van der Waals surface area contributed by atoms with Crippen LogP contribution in [0, 0.1) is 0 Å². The Hall–Kier alpha value is -1.18. The molecule has 20 heavy (non-hydrogen) atoms. The van der Waals surface area contributed by atoms with E-state index in [2.05, 4.69) is 4.98 Å². The molecule has 2 nitrogen and oxygen atoms in total. The molecule has 0 N–H and O–H groups in total. The Balaban J connectivity index is 1.99. The number of pyridine rings is 1. The van der Waals surface area contributed by atoms with Crippen molar-refractivity contribution in [3.05, 3.63) is 30.1 Å². The lowest BCUT2D eigenvalue weighted by Crippen LogP contribution is -2.14. The summed E-state index contributed by atoms with van der Waals surface area (Å²) in [6, 6.07) is 5.94. The third-order valence-corrected chi connectivity index (χ3v) is 4.35. The fraction of sp³-hybridized carbons (Fsp3) is 0.667. The molecule has 0 radical (unpaired) electrons. The van der Waals surface area contributed by atoms with Crippen molar-refractivity contribution in [3.8, 4) is 0 Å². The molecule has 1 fully saturated rings. The Labute approximate surface area is 123 Å². The Morgan fingerprint density at radius 2 is 1.50 bits per heavy atom. The minimum atomic E-state index is 0.0388. The van der Waals surface area contributed by atoms with Gasteiger partial charge in [0.1, 0.15) is 5.78 Å². The highest BCUT2D eigenvalue weighted by atomic mass is 16.1. The molecule has 1 aromatic heterocycles. The zero-order valence-corrected chi connectivity index (χ0v) is 12.5. The van der Waals surface area contributed by atoms with E-state index in [4.69, 9.17) is 0 Å². The van der Waals surface area contributed by atoms with Crippen LogP contribution >= 0.6 is 0 Å². The summed E-state index contributed by atoms with van der Waals surface area (Å²) in [5.74, 6) is 0.444. The fourth-order valence-corrected chi connectivity index (χ4v) is 3.12. The van der Waals surface area contributed by atoms with Crippen LogP contribution in [-0.2, 0) is 4.79 Å². The quantitative estimate of drug-likeness (QED) is 0.717. The number of hydrogen-bond acceptors (Lipinski definition) is 2. The number of rotatable bonds is 1. The summed E-state index contributed by atoms with van der Waals surface area (Å²) in [4.78, 5) is 16.9. The standard InChI is InChI=1S/C18H27NO/c20-18-14-9-7-5-3-1-2-4-6-8-12-16(18)17-13-10-11-15-19-17/h10-11,13,15-16H,1-9,12,14H2. The third kappa shape index (κ3) is 5.07. The van der Waals surface area contributed by atoms with Crippen LogP contribution in [0.5, 0.6) is 0 Å². The number of carbonyl (C=O) groups excluding carboxylic acids is 1. The van der Waals surface area contributed by atoms with Crippen LogP contribution in [0.3, 0.4) is 0 Å². The van der Waals surface area contributed by atoms with Crippen LogP contribution in [0.15, 0.2) is 24.4 Å². The van der Waals surface area contributed by atoms with Gasteiger partial charge in [0.25, 0.3) is 0 Å². The van der Waals surface area contributed by atoms with Crippen molar-refractivity contribution < 1.29 is 4.79 Å². The Morgan fingerprint density at radius 1 is 0.850 bits per heavy atom. The second-order valence-electron chi connectivity index (χ2n) is 5.99. The first-order valence-corrected chi connectivity index (χ1v) is 8.31. The van der Waals surface area contributed by atoms with Gasteiger partial charge >= 0.3 is 0 Å². The zero-order chi connectivity index (χ0) is 14.0. The van der Waals surface area contributed by atoms with Gasteiger partial charge in [0.05, 0.1) is 11.6 Å². The fourth-order valence-electron chi connectivity index (χ4n) is 3.12. The first-order chi connectivity index (χ1) is 9.88. The van der Waals surface area contributed by atoms with Crippen molar-refractivity contribution in [3.63, 3.8) is 0 Å². The summed E-state index contributed by atoms with van der Waals surface area (Å²) < 4.78 is 0. The van der Waals surface area contributed by atoms with Crippen LogP contribution in [0.2, 0.25) is 0 Å². The van der Waals surface area contributed by atoms with Crippen molar-refractivity contribution in [2.75, 3.05) is 0 Å². The number of carbonyl (C=O) groups is 1. The molecule has 0 aliphatic heterocycles. The van der Waals surface area contributed by atoms with Crippen LogP contribution in [-0.4, -0.2) is 10.8 Å². The van der Waals surface area contributed by atoms with E-state index in [9.17, 15) is 4.79 Å². The van der Waals surface area contributed by atoms with E-state index in [1.54, 1.807) is 0 Å². The van der Waals surface area contributed by atoms with E-state index < -0.39 is 0 Å². The van der Waals surface area contributed by atoms with E-state index in [-0.39, 0.29) is 5.92 Å². The molecule has 2 heteroatoms. The second-order valence-corrected chi connectivity index (χ2v) is 5.99. The molecule has 0 bridgehead atoms. The molecule has 2 rings (SSSR count). The van der Waals surface area contributed by atoms with Gasteiger partial charge in [-0.05, 0) is 25.0 Å². The van der Waals surface area contributed by atoms with Crippen LogP contribution in [0.1, 0.15) is 82.2 Å². The molecule has 1 aromatic rings. The maximum atomic E-state index is 12.5. The maximum absolute atomic E-state index is 12.5. The van der Waals surface area contributed by atoms with Crippen LogP contribution in [0.25, 0.3) is 0 Å². The SMILES string of the molecule is O=C1CCCCCCCCCCCC1c1ccccn1. The summed E-state index contributed by atoms with van der Waals surface area (Å²) in [6.45, 7) is 0. The van der Waals surface area contributed by atoms with E-state index in [1.165, 1.54) is 44.9 Å². The predicted octanol–water partition coefficient (Wildman–Crippen LogP) is 5.04. The van der Waals surface area contributed by atoms with Gasteiger partial charge in [0.15, 0.2) is 0 Å². The van der Waals surface area contributed by atoms with Gasteiger partial charge in [0, 0.05) is 12.6 Å². The smallest absolute Gasteiger partial charge is 0.141 e. The first-order valence-electron chi connectivity index (χ1n) is 8.31. The van der Waals surface area contributed by atoms with Crippen molar-refractivity contribution in [1.29, 1.82) is 0 Å². The van der Waals surface area contributed by atoms with Crippen molar-refractivity contribution in [1.82, 2.24) is 4.98 Å². The van der Waals surface area contributed by atoms with E-state index in [0.29, 0.717) is 5.78 Å². The molecule has 0 spiro atoms. The normalized spacial score (nSPS) is 23.4. The van der Waals surface area contributed by atoms with Gasteiger partial charge in [-0.15, -0.1) is 0 Å². The van der Waals surface area contributed by atoms with E-state index in [0.717, 1.165) is 31.4 Å². The van der Waals surface area contributed by atoms with E-state index >= 15 is 0 Å². The van der Waals surface area contributed by atoms with Gasteiger partial charge in [-0.1, -0.05) is 57.4 Å². The number of aromatic nitrogens is 1. The van der Waals surface area contributed by atoms with Crippen LogP contribution in [0.4, 0.5) is 0 Å². The van der Waals surface area contributed by atoms with Crippen molar-refractivity contribution in [2.24, 2.45) is 0 Å². The molecule has 0 aromatic carbocycles. The highest BCUT2D eigenvalue weighted by Gasteiger charge is 2.20. The first kappa shape index (κ1) is 15.2. The molecule has 1 atom stereocenters. The second kappa shape index (κ2) is 8.89. The third-order valence-electron chi connectivity index (χ3n) is 4.35. The Kier molecular flexibility index (Phi) is 6.76. The molecule has 1 aliphatic carbocycles. The average molecular weight is 273 g/mol. The lowest BCUT2D eigenvalue weighted by Gasteiger charge is -2.15. The molecule has 1 aliphatic rings. The molecular weight excluding hydrogens is 246 g/mol. The predicted molar refractivity (Wildman–Crippen MR) is 82.8 cm³/mol. The Morgan fingerprint density at radius 3 is 2.15 bits per heavy atom. The number of nitrogens with zero attached hydrogens (tertiary/aromatic N) is 1. The lowest BCUT2D eigenvalue weighted by atomic mass is 9.90. The van der Waals surface area contributed by atoms with Gasteiger partial charge in [0.2, 0.25) is 0 Å². The summed E-state index contributed by atoms with van der Waals surface area (Å²) >= 11 is 0. The molecule has 1 unspecified atom stereocenters.